The number of carbonyl (C=O) groups is 1. The number of nitrogens with zero attached hydrogens (tertiary/aromatic N) is 2. The molecule has 27 heavy (non-hydrogen) atoms. The minimum Gasteiger partial charge on any atom is -0.356 e. The Balaban J connectivity index is 0.00000261. The van der Waals surface area contributed by atoms with Crippen LogP contribution in [0.2, 0.25) is 0 Å². The summed E-state index contributed by atoms with van der Waals surface area (Å²) < 4.78 is 0. The summed E-state index contributed by atoms with van der Waals surface area (Å²) in [5.41, 5.74) is 2.54. The molecule has 0 aliphatic carbocycles. The molecule has 0 radical (unpaired) electrons. The van der Waals surface area contributed by atoms with Crippen molar-refractivity contribution >= 4 is 47.2 Å². The van der Waals surface area contributed by atoms with E-state index in [4.69, 9.17) is 0 Å². The van der Waals surface area contributed by atoms with Crippen molar-refractivity contribution in [2.45, 2.75) is 39.4 Å². The van der Waals surface area contributed by atoms with Crippen molar-refractivity contribution in [3.05, 3.63) is 57.3 Å². The van der Waals surface area contributed by atoms with Gasteiger partial charge in [-0.1, -0.05) is 24.3 Å². The lowest BCUT2D eigenvalue weighted by Gasteiger charge is -2.16. The molecule has 1 aliphatic rings. The van der Waals surface area contributed by atoms with Crippen molar-refractivity contribution in [2.75, 3.05) is 13.6 Å². The van der Waals surface area contributed by atoms with Gasteiger partial charge in [0.05, 0.1) is 6.54 Å². The number of benzene rings is 1. The van der Waals surface area contributed by atoms with Gasteiger partial charge in [-0.2, -0.15) is 0 Å². The van der Waals surface area contributed by atoms with E-state index in [1.165, 1.54) is 20.9 Å². The number of rotatable bonds is 6. The molecule has 0 fully saturated rings. The molecule has 0 spiro atoms. The van der Waals surface area contributed by atoms with E-state index in [2.05, 4.69) is 46.8 Å². The van der Waals surface area contributed by atoms with Gasteiger partial charge in [0, 0.05) is 42.9 Å². The van der Waals surface area contributed by atoms with Gasteiger partial charge in [0.1, 0.15) is 0 Å². The number of carbonyl (C=O) groups excluding carboxylic acids is 1. The first-order valence-electron chi connectivity index (χ1n) is 9.00. The summed E-state index contributed by atoms with van der Waals surface area (Å²) in [7, 11) is 1.77. The Morgan fingerprint density at radius 2 is 1.85 bits per heavy atom. The molecule has 0 bridgehead atoms. The van der Waals surface area contributed by atoms with Crippen molar-refractivity contribution in [3.63, 3.8) is 0 Å². The molecular formula is C20H27IN4OS. The Labute approximate surface area is 182 Å². The maximum atomic E-state index is 12.4. The van der Waals surface area contributed by atoms with Crippen molar-refractivity contribution in [3.8, 4) is 0 Å². The van der Waals surface area contributed by atoms with Gasteiger partial charge < -0.3 is 15.5 Å². The highest BCUT2D eigenvalue weighted by Crippen LogP contribution is 2.22. The number of amides is 1. The van der Waals surface area contributed by atoms with E-state index in [1.807, 2.05) is 17.0 Å². The largest absolute Gasteiger partial charge is 0.356 e. The fourth-order valence-corrected chi connectivity index (χ4v) is 3.92. The van der Waals surface area contributed by atoms with Gasteiger partial charge in [-0.25, -0.2) is 0 Å². The lowest BCUT2D eigenvalue weighted by molar-refractivity contribution is -0.131. The van der Waals surface area contributed by atoms with Crippen molar-refractivity contribution < 1.29 is 4.79 Å². The number of aliphatic imine (C=N–C) groups is 1. The Morgan fingerprint density at radius 3 is 2.44 bits per heavy atom. The lowest BCUT2D eigenvalue weighted by atomic mass is 10.1. The van der Waals surface area contributed by atoms with E-state index in [0.717, 1.165) is 38.6 Å². The number of guanidine groups is 1. The minimum atomic E-state index is 0. The molecule has 1 amide bonds. The van der Waals surface area contributed by atoms with Crippen LogP contribution in [0.15, 0.2) is 41.4 Å². The summed E-state index contributed by atoms with van der Waals surface area (Å²) in [5.74, 6) is 0.997. The van der Waals surface area contributed by atoms with E-state index in [1.54, 1.807) is 18.4 Å². The fraction of sp³-hybridized carbons (Fsp3) is 0.400. The van der Waals surface area contributed by atoms with Crippen LogP contribution in [0.5, 0.6) is 0 Å². The average molecular weight is 498 g/mol. The number of nitrogens with one attached hydrogen (secondary N) is 2. The van der Waals surface area contributed by atoms with Gasteiger partial charge in [-0.15, -0.1) is 35.3 Å². The number of aryl methyl sites for hydroxylation is 1. The van der Waals surface area contributed by atoms with E-state index < -0.39 is 0 Å². The van der Waals surface area contributed by atoms with Gasteiger partial charge in [-0.05, 0) is 36.6 Å². The average Bonchev–Trinajstić information content (AvgIpc) is 3.26. The predicted molar refractivity (Wildman–Crippen MR) is 123 cm³/mol. The smallest absolute Gasteiger partial charge is 0.223 e. The van der Waals surface area contributed by atoms with Gasteiger partial charge >= 0.3 is 0 Å². The first-order valence-corrected chi connectivity index (χ1v) is 9.82. The number of thiophene rings is 1. The molecule has 5 nitrogen and oxygen atoms in total. The molecule has 7 heteroatoms. The molecule has 2 aromatic rings. The molecule has 1 aromatic heterocycles. The van der Waals surface area contributed by atoms with Crippen LogP contribution in [0.4, 0.5) is 0 Å². The van der Waals surface area contributed by atoms with Crippen LogP contribution in [0.25, 0.3) is 0 Å². The first kappa shape index (κ1) is 21.7. The normalized spacial score (nSPS) is 13.1. The second-order valence-corrected chi connectivity index (χ2v) is 7.86. The molecule has 0 atom stereocenters. The van der Waals surface area contributed by atoms with E-state index in [-0.39, 0.29) is 29.9 Å². The second-order valence-electron chi connectivity index (χ2n) is 6.49. The van der Waals surface area contributed by atoms with E-state index in [0.29, 0.717) is 6.42 Å². The summed E-state index contributed by atoms with van der Waals surface area (Å²) in [6.07, 6.45) is 1.35. The summed E-state index contributed by atoms with van der Waals surface area (Å²) >= 11 is 1.79. The molecule has 0 saturated heterocycles. The van der Waals surface area contributed by atoms with Crippen LogP contribution >= 0.6 is 35.3 Å². The third kappa shape index (κ3) is 6.21. The zero-order valence-electron chi connectivity index (χ0n) is 15.8. The third-order valence-corrected chi connectivity index (χ3v) is 5.50. The molecule has 1 aromatic carbocycles. The fourth-order valence-electron chi connectivity index (χ4n) is 3.09. The van der Waals surface area contributed by atoms with Crippen LogP contribution in [0, 0.1) is 6.92 Å². The monoisotopic (exact) mass is 498 g/mol. The van der Waals surface area contributed by atoms with Crippen LogP contribution in [0.3, 0.4) is 0 Å². The molecule has 1 aliphatic heterocycles. The van der Waals surface area contributed by atoms with Gasteiger partial charge in [-0.3, -0.25) is 9.79 Å². The molecule has 0 unspecified atom stereocenters. The summed E-state index contributed by atoms with van der Waals surface area (Å²) in [6.45, 7) is 5.09. The Morgan fingerprint density at radius 1 is 1.15 bits per heavy atom. The molecule has 2 heterocycles. The highest BCUT2D eigenvalue weighted by Gasteiger charge is 2.22. The topological polar surface area (TPSA) is 56.7 Å². The van der Waals surface area contributed by atoms with Gasteiger partial charge in [0.2, 0.25) is 5.91 Å². The summed E-state index contributed by atoms with van der Waals surface area (Å²) in [6, 6.07) is 12.5. The highest BCUT2D eigenvalue weighted by atomic mass is 127. The van der Waals surface area contributed by atoms with Crippen LogP contribution < -0.4 is 10.6 Å². The molecule has 2 N–H and O–H groups in total. The Hall–Kier alpha value is -1.61. The SMILES string of the molecule is CN=C(NCCCC(=O)N1Cc2ccccc2C1)NCc1ccc(C)s1.I. The Kier molecular flexibility index (Phi) is 8.56. The van der Waals surface area contributed by atoms with Gasteiger partial charge in [0.15, 0.2) is 5.96 Å². The molecule has 146 valence electrons. The highest BCUT2D eigenvalue weighted by molar-refractivity contribution is 14.0. The predicted octanol–water partition coefficient (Wildman–Crippen LogP) is 3.66. The van der Waals surface area contributed by atoms with Gasteiger partial charge in [0.25, 0.3) is 0 Å². The number of hydrogen-bond donors (Lipinski definition) is 2. The number of halogens is 1. The Bertz CT molecular complexity index is 765. The number of hydrogen-bond acceptors (Lipinski definition) is 3. The molecular weight excluding hydrogens is 471 g/mol. The summed E-state index contributed by atoms with van der Waals surface area (Å²) in [4.78, 5) is 21.2. The zero-order chi connectivity index (χ0) is 18.4. The summed E-state index contributed by atoms with van der Waals surface area (Å²) in [5, 5.41) is 6.59. The maximum absolute atomic E-state index is 12.4. The zero-order valence-corrected chi connectivity index (χ0v) is 19.0. The molecule has 3 rings (SSSR count). The van der Waals surface area contributed by atoms with Crippen molar-refractivity contribution in [1.29, 1.82) is 0 Å². The standard InChI is InChI=1S/C20H26N4OS.HI/c1-15-9-10-18(26-15)12-23-20(21-2)22-11-5-8-19(25)24-13-16-6-3-4-7-17(16)14-24;/h3-4,6-7,9-10H,5,8,11-14H2,1-2H3,(H2,21,22,23);1H. The van der Waals surface area contributed by atoms with E-state index >= 15 is 0 Å². The third-order valence-electron chi connectivity index (χ3n) is 4.50. The van der Waals surface area contributed by atoms with Crippen molar-refractivity contribution in [2.24, 2.45) is 4.99 Å². The quantitative estimate of drug-likeness (QED) is 0.277. The maximum Gasteiger partial charge on any atom is 0.223 e. The second kappa shape index (κ2) is 10.7. The molecule has 0 saturated carbocycles. The number of fused-ring (bicyclic) bond motifs is 1. The lowest BCUT2D eigenvalue weighted by Crippen LogP contribution is -2.37. The van der Waals surface area contributed by atoms with Crippen LogP contribution in [-0.2, 0) is 24.4 Å². The van der Waals surface area contributed by atoms with Crippen LogP contribution in [0.1, 0.15) is 33.7 Å². The minimum absolute atomic E-state index is 0. The van der Waals surface area contributed by atoms with Crippen molar-refractivity contribution in [1.82, 2.24) is 15.5 Å². The van der Waals surface area contributed by atoms with Crippen LogP contribution in [-0.4, -0.2) is 30.4 Å². The van der Waals surface area contributed by atoms with E-state index in [9.17, 15) is 4.79 Å². The first-order chi connectivity index (χ1) is 12.7.